The number of hydrogen-bond acceptors (Lipinski definition) is 3. The van der Waals surface area contributed by atoms with E-state index in [1.807, 2.05) is 54.6 Å². The predicted molar refractivity (Wildman–Crippen MR) is 110 cm³/mol. The first-order valence-corrected chi connectivity index (χ1v) is 9.88. The monoisotopic (exact) mass is 425 g/mol. The van der Waals surface area contributed by atoms with Crippen LogP contribution < -0.4 is 0 Å². The Kier molecular flexibility index (Phi) is 4.74. The summed E-state index contributed by atoms with van der Waals surface area (Å²) in [5.74, 6) is 0.387. The number of imidazole rings is 2. The van der Waals surface area contributed by atoms with Gasteiger partial charge in [-0.05, 0) is 31.5 Å². The van der Waals surface area contributed by atoms with Gasteiger partial charge in [0.1, 0.15) is 0 Å². The number of fused-ring (bicyclic) bond motifs is 3. The Morgan fingerprint density at radius 1 is 1.11 bits per heavy atom. The van der Waals surface area contributed by atoms with E-state index in [0.717, 1.165) is 16.8 Å². The van der Waals surface area contributed by atoms with Gasteiger partial charge in [-0.1, -0.05) is 58.4 Å². The molecule has 1 unspecified atom stereocenters. The van der Waals surface area contributed by atoms with Gasteiger partial charge in [0.2, 0.25) is 5.78 Å². The van der Waals surface area contributed by atoms with Gasteiger partial charge in [0.25, 0.3) is 0 Å². The van der Waals surface area contributed by atoms with Crippen LogP contribution in [0.2, 0.25) is 0 Å². The van der Waals surface area contributed by atoms with Crippen LogP contribution in [0.5, 0.6) is 0 Å². The minimum Gasteiger partial charge on any atom is -0.461 e. The molecule has 0 spiro atoms. The van der Waals surface area contributed by atoms with Gasteiger partial charge in [-0.25, -0.2) is 9.78 Å². The van der Waals surface area contributed by atoms with Crippen molar-refractivity contribution in [1.82, 2.24) is 14.0 Å². The maximum atomic E-state index is 12.7. The molecule has 0 saturated carbocycles. The van der Waals surface area contributed by atoms with E-state index in [-0.39, 0.29) is 10.8 Å². The Bertz CT molecular complexity index is 1110. The molecule has 6 heteroatoms. The summed E-state index contributed by atoms with van der Waals surface area (Å²) in [5.41, 5.74) is 4.33. The van der Waals surface area contributed by atoms with Gasteiger partial charge in [0.15, 0.2) is 5.69 Å². The van der Waals surface area contributed by atoms with Gasteiger partial charge < -0.3 is 9.30 Å². The second-order valence-corrected chi connectivity index (χ2v) is 7.75. The summed E-state index contributed by atoms with van der Waals surface area (Å²) >= 11 is 3.58. The van der Waals surface area contributed by atoms with Gasteiger partial charge in [-0.3, -0.25) is 4.40 Å². The van der Waals surface area contributed by atoms with Crippen molar-refractivity contribution in [2.24, 2.45) is 0 Å². The largest absolute Gasteiger partial charge is 0.461 e. The van der Waals surface area contributed by atoms with E-state index in [0.29, 0.717) is 24.5 Å². The maximum absolute atomic E-state index is 12.7. The van der Waals surface area contributed by atoms with Crippen LogP contribution in [0.4, 0.5) is 0 Å². The summed E-state index contributed by atoms with van der Waals surface area (Å²) in [6, 6.07) is 18.3. The normalized spacial score (nSPS) is 12.6. The molecule has 2 aromatic heterocycles. The topological polar surface area (TPSA) is 48.5 Å². The number of esters is 1. The SMILES string of the molecule is CCOC(=O)c1c(C(C)Br)nc2n(Cc3ccccc3)c3ccccc3n12. The standard InChI is InChI=1S/C21H20BrN3O2/c1-3-27-20(26)19-18(14(2)22)23-21-24(13-15-9-5-4-6-10-15)16-11-7-8-12-17(16)25(19)21/h4-12,14H,3,13H2,1-2H3. The molecular weight excluding hydrogens is 406 g/mol. The molecule has 0 fully saturated rings. The number of carbonyl (C=O) groups excluding carboxylic acids is 1. The number of para-hydroxylation sites is 2. The van der Waals surface area contributed by atoms with Crippen molar-refractivity contribution in [3.05, 3.63) is 71.5 Å². The Morgan fingerprint density at radius 3 is 2.44 bits per heavy atom. The molecular formula is C21H20BrN3O2. The zero-order valence-corrected chi connectivity index (χ0v) is 16.8. The van der Waals surface area contributed by atoms with Crippen LogP contribution in [-0.4, -0.2) is 26.5 Å². The molecule has 0 radical (unpaired) electrons. The third-order valence-electron chi connectivity index (χ3n) is 4.57. The average molecular weight is 426 g/mol. The lowest BCUT2D eigenvalue weighted by atomic mass is 10.2. The lowest BCUT2D eigenvalue weighted by Crippen LogP contribution is -2.10. The molecule has 2 aromatic carbocycles. The van der Waals surface area contributed by atoms with E-state index in [2.05, 4.69) is 38.7 Å². The van der Waals surface area contributed by atoms with Gasteiger partial charge in [0.05, 0.1) is 34.7 Å². The van der Waals surface area contributed by atoms with E-state index >= 15 is 0 Å². The molecule has 0 aliphatic heterocycles. The number of alkyl halides is 1. The minimum atomic E-state index is -0.353. The van der Waals surface area contributed by atoms with Gasteiger partial charge in [0, 0.05) is 0 Å². The van der Waals surface area contributed by atoms with Gasteiger partial charge >= 0.3 is 5.97 Å². The van der Waals surface area contributed by atoms with Crippen LogP contribution in [0.15, 0.2) is 54.6 Å². The van der Waals surface area contributed by atoms with Crippen molar-refractivity contribution < 1.29 is 9.53 Å². The third-order valence-corrected chi connectivity index (χ3v) is 5.00. The highest BCUT2D eigenvalue weighted by Gasteiger charge is 2.27. The fourth-order valence-corrected chi connectivity index (χ4v) is 3.74. The third kappa shape index (κ3) is 3.04. The van der Waals surface area contributed by atoms with Crippen molar-refractivity contribution in [2.75, 3.05) is 6.61 Å². The second-order valence-electron chi connectivity index (χ2n) is 6.38. The molecule has 4 rings (SSSR count). The fraction of sp³-hybridized carbons (Fsp3) is 0.238. The fourth-order valence-electron chi connectivity index (χ4n) is 3.42. The minimum absolute atomic E-state index is 0.0688. The molecule has 1 atom stereocenters. The smallest absolute Gasteiger partial charge is 0.357 e. The molecule has 0 aliphatic rings. The summed E-state index contributed by atoms with van der Waals surface area (Å²) in [5, 5.41) is 0. The molecule has 0 amide bonds. The molecule has 27 heavy (non-hydrogen) atoms. The molecule has 0 saturated heterocycles. The highest BCUT2D eigenvalue weighted by atomic mass is 79.9. The van der Waals surface area contributed by atoms with Crippen molar-refractivity contribution in [1.29, 1.82) is 0 Å². The van der Waals surface area contributed by atoms with E-state index in [4.69, 9.17) is 9.72 Å². The van der Waals surface area contributed by atoms with Crippen LogP contribution in [0.25, 0.3) is 16.8 Å². The van der Waals surface area contributed by atoms with Crippen molar-refractivity contribution in [3.63, 3.8) is 0 Å². The molecule has 2 heterocycles. The van der Waals surface area contributed by atoms with E-state index in [9.17, 15) is 4.79 Å². The summed E-state index contributed by atoms with van der Waals surface area (Å²) < 4.78 is 9.40. The van der Waals surface area contributed by atoms with Crippen LogP contribution in [0, 0.1) is 0 Å². The van der Waals surface area contributed by atoms with Crippen LogP contribution >= 0.6 is 15.9 Å². The lowest BCUT2D eigenvalue weighted by molar-refractivity contribution is 0.0517. The van der Waals surface area contributed by atoms with E-state index in [1.54, 1.807) is 0 Å². The quantitative estimate of drug-likeness (QED) is 0.335. The number of carbonyl (C=O) groups is 1. The average Bonchev–Trinajstić information content (AvgIpc) is 3.20. The summed E-state index contributed by atoms with van der Waals surface area (Å²) in [6.45, 7) is 4.78. The van der Waals surface area contributed by atoms with Crippen LogP contribution in [0.3, 0.4) is 0 Å². The summed E-state index contributed by atoms with van der Waals surface area (Å²) in [7, 11) is 0. The van der Waals surface area contributed by atoms with Crippen LogP contribution in [-0.2, 0) is 11.3 Å². The zero-order chi connectivity index (χ0) is 19.0. The Morgan fingerprint density at radius 2 is 1.78 bits per heavy atom. The summed E-state index contributed by atoms with van der Waals surface area (Å²) in [4.78, 5) is 17.5. The first kappa shape index (κ1) is 17.8. The first-order chi connectivity index (χ1) is 13.1. The molecule has 4 aromatic rings. The maximum Gasteiger partial charge on any atom is 0.357 e. The highest BCUT2D eigenvalue weighted by molar-refractivity contribution is 9.09. The Hall–Kier alpha value is -2.60. The Balaban J connectivity index is 2.02. The van der Waals surface area contributed by atoms with Crippen molar-refractivity contribution in [3.8, 4) is 0 Å². The number of nitrogens with zero attached hydrogens (tertiary/aromatic N) is 3. The first-order valence-electron chi connectivity index (χ1n) is 8.96. The molecule has 5 nitrogen and oxygen atoms in total. The number of halogens is 1. The van der Waals surface area contributed by atoms with Crippen LogP contribution in [0.1, 0.15) is 40.4 Å². The highest BCUT2D eigenvalue weighted by Crippen LogP contribution is 2.31. The van der Waals surface area contributed by atoms with Gasteiger partial charge in [-0.2, -0.15) is 0 Å². The van der Waals surface area contributed by atoms with E-state index < -0.39 is 0 Å². The van der Waals surface area contributed by atoms with Crippen molar-refractivity contribution >= 4 is 38.7 Å². The zero-order valence-electron chi connectivity index (χ0n) is 15.2. The number of aromatic nitrogens is 3. The number of hydrogen-bond donors (Lipinski definition) is 0. The Labute approximate surface area is 165 Å². The molecule has 0 N–H and O–H groups in total. The molecule has 138 valence electrons. The second kappa shape index (κ2) is 7.19. The number of ether oxygens (including phenoxy) is 1. The number of rotatable bonds is 5. The molecule has 0 aliphatic carbocycles. The summed E-state index contributed by atoms with van der Waals surface area (Å²) in [6.07, 6.45) is 0. The number of benzene rings is 2. The van der Waals surface area contributed by atoms with Crippen molar-refractivity contribution in [2.45, 2.75) is 25.2 Å². The van der Waals surface area contributed by atoms with Gasteiger partial charge in [-0.15, -0.1) is 0 Å². The predicted octanol–water partition coefficient (Wildman–Crippen LogP) is 4.97. The van der Waals surface area contributed by atoms with E-state index in [1.165, 1.54) is 5.56 Å². The lowest BCUT2D eigenvalue weighted by Gasteiger charge is -2.06. The molecule has 0 bridgehead atoms.